The minimum atomic E-state index is 0.764. The molecule has 0 aliphatic heterocycles. The summed E-state index contributed by atoms with van der Waals surface area (Å²) in [5.41, 5.74) is 4.66. The highest BCUT2D eigenvalue weighted by Crippen LogP contribution is 2.27. The average Bonchev–Trinajstić information content (AvgIpc) is 3.05. The Kier molecular flexibility index (Phi) is 5.58. The number of nitrogens with one attached hydrogen (secondary N) is 3. The molecule has 3 rings (SSSR count). The summed E-state index contributed by atoms with van der Waals surface area (Å²) in [6.45, 7) is 1.75. The Balaban J connectivity index is 1.81. The van der Waals surface area contributed by atoms with E-state index in [0.717, 1.165) is 43.0 Å². The molecule has 0 saturated heterocycles. The largest absolute Gasteiger partial charge is 0.364 e. The fourth-order valence-corrected chi connectivity index (χ4v) is 2.74. The molecule has 2 heterocycles. The third-order valence-corrected chi connectivity index (χ3v) is 3.99. The van der Waals surface area contributed by atoms with Crippen molar-refractivity contribution in [2.24, 2.45) is 0 Å². The maximum absolute atomic E-state index is 4.51. The summed E-state index contributed by atoms with van der Waals surface area (Å²) in [4.78, 5) is 4.10. The molecule has 0 spiro atoms. The van der Waals surface area contributed by atoms with Crippen LogP contribution < -0.4 is 10.6 Å². The molecule has 5 heteroatoms. The lowest BCUT2D eigenvalue weighted by Crippen LogP contribution is -2.09. The highest BCUT2D eigenvalue weighted by Gasteiger charge is 2.14. The van der Waals surface area contributed by atoms with Crippen LogP contribution in [-0.2, 0) is 13.0 Å². The molecule has 0 atom stereocenters. The van der Waals surface area contributed by atoms with Crippen LogP contribution in [0.5, 0.6) is 0 Å². The molecule has 5 nitrogen and oxygen atoms in total. The third-order valence-electron chi connectivity index (χ3n) is 3.99. The first-order valence-corrected chi connectivity index (χ1v) is 8.28. The second-order valence-corrected chi connectivity index (χ2v) is 5.71. The van der Waals surface area contributed by atoms with Crippen molar-refractivity contribution < 1.29 is 0 Å². The number of H-pyrrole nitrogens is 1. The van der Waals surface area contributed by atoms with Gasteiger partial charge in [0.15, 0.2) is 5.82 Å². The van der Waals surface area contributed by atoms with Crippen LogP contribution in [0.15, 0.2) is 54.9 Å². The number of rotatable bonds is 8. The SMILES string of the molecule is CNCCCc1c(NCc2ccccc2)n[nH]c1-c1ccncc1. The quantitative estimate of drug-likeness (QED) is 0.557. The number of aromatic nitrogens is 3. The Labute approximate surface area is 142 Å². The minimum Gasteiger partial charge on any atom is -0.364 e. The van der Waals surface area contributed by atoms with Crippen LogP contribution in [0.2, 0.25) is 0 Å². The summed E-state index contributed by atoms with van der Waals surface area (Å²) in [7, 11) is 1.98. The summed E-state index contributed by atoms with van der Waals surface area (Å²) in [6, 6.07) is 14.4. The van der Waals surface area contributed by atoms with E-state index in [9.17, 15) is 0 Å². The summed E-state index contributed by atoms with van der Waals surface area (Å²) in [5, 5.41) is 14.4. The number of pyridine rings is 1. The Morgan fingerprint density at radius 2 is 1.83 bits per heavy atom. The van der Waals surface area contributed by atoms with Crippen molar-refractivity contribution in [2.75, 3.05) is 18.9 Å². The average molecular weight is 321 g/mol. The van der Waals surface area contributed by atoms with Gasteiger partial charge in [-0.2, -0.15) is 5.10 Å². The van der Waals surface area contributed by atoms with E-state index in [1.54, 1.807) is 0 Å². The monoisotopic (exact) mass is 321 g/mol. The molecule has 0 fully saturated rings. The van der Waals surface area contributed by atoms with Crippen LogP contribution in [0.4, 0.5) is 5.82 Å². The van der Waals surface area contributed by atoms with E-state index in [4.69, 9.17) is 0 Å². The molecule has 24 heavy (non-hydrogen) atoms. The van der Waals surface area contributed by atoms with Crippen molar-refractivity contribution in [2.45, 2.75) is 19.4 Å². The zero-order valence-electron chi connectivity index (χ0n) is 13.9. The zero-order valence-corrected chi connectivity index (χ0v) is 13.9. The van der Waals surface area contributed by atoms with E-state index >= 15 is 0 Å². The Bertz CT molecular complexity index is 737. The molecule has 0 aliphatic rings. The summed E-state index contributed by atoms with van der Waals surface area (Å²) < 4.78 is 0. The predicted octanol–water partition coefficient (Wildman–Crippen LogP) is 3.24. The van der Waals surface area contributed by atoms with Crippen molar-refractivity contribution in [3.63, 3.8) is 0 Å². The molecule has 0 saturated carbocycles. The van der Waals surface area contributed by atoms with E-state index in [1.165, 1.54) is 11.1 Å². The van der Waals surface area contributed by atoms with Crippen molar-refractivity contribution >= 4 is 5.82 Å². The standard InChI is InChI=1S/C19H23N5/c1-20-11-5-8-17-18(16-9-12-21-13-10-16)23-24-19(17)22-14-15-6-3-2-4-7-15/h2-4,6-7,9-10,12-13,20H,5,8,11,14H2,1H3,(H2,22,23,24). The van der Waals surface area contributed by atoms with Crippen LogP contribution in [0.1, 0.15) is 17.5 Å². The number of nitrogens with zero attached hydrogens (tertiary/aromatic N) is 2. The molecule has 3 N–H and O–H groups in total. The maximum Gasteiger partial charge on any atom is 0.151 e. The second-order valence-electron chi connectivity index (χ2n) is 5.71. The molecular formula is C19H23N5. The highest BCUT2D eigenvalue weighted by atomic mass is 15.2. The number of benzene rings is 1. The number of hydrogen-bond donors (Lipinski definition) is 3. The fraction of sp³-hybridized carbons (Fsp3) is 0.263. The van der Waals surface area contributed by atoms with Gasteiger partial charge in [0.05, 0.1) is 5.69 Å². The molecule has 2 aromatic heterocycles. The number of aromatic amines is 1. The van der Waals surface area contributed by atoms with Crippen LogP contribution in [0.3, 0.4) is 0 Å². The summed E-state index contributed by atoms with van der Waals surface area (Å²) in [5.74, 6) is 0.932. The van der Waals surface area contributed by atoms with Crippen molar-refractivity contribution in [3.8, 4) is 11.3 Å². The molecule has 0 unspecified atom stereocenters. The normalized spacial score (nSPS) is 10.7. The van der Waals surface area contributed by atoms with E-state index in [2.05, 4.69) is 50.1 Å². The first-order valence-electron chi connectivity index (χ1n) is 8.28. The lowest BCUT2D eigenvalue weighted by molar-refractivity contribution is 0.725. The van der Waals surface area contributed by atoms with Gasteiger partial charge in [0, 0.05) is 30.1 Å². The summed E-state index contributed by atoms with van der Waals surface area (Å²) in [6.07, 6.45) is 5.65. The van der Waals surface area contributed by atoms with Gasteiger partial charge in [-0.15, -0.1) is 0 Å². The molecule has 0 radical (unpaired) electrons. The third kappa shape index (κ3) is 4.00. The van der Waals surface area contributed by atoms with Crippen LogP contribution in [0, 0.1) is 0 Å². The number of anilines is 1. The van der Waals surface area contributed by atoms with Crippen molar-refractivity contribution in [1.82, 2.24) is 20.5 Å². The van der Waals surface area contributed by atoms with Crippen LogP contribution in [-0.4, -0.2) is 28.8 Å². The topological polar surface area (TPSA) is 65.6 Å². The Morgan fingerprint density at radius 3 is 2.58 bits per heavy atom. The van der Waals surface area contributed by atoms with Gasteiger partial charge in [0.1, 0.15) is 0 Å². The van der Waals surface area contributed by atoms with E-state index in [-0.39, 0.29) is 0 Å². The first kappa shape index (κ1) is 16.2. The summed E-state index contributed by atoms with van der Waals surface area (Å²) >= 11 is 0. The Morgan fingerprint density at radius 1 is 1.04 bits per heavy atom. The molecule has 0 aliphatic carbocycles. The molecular weight excluding hydrogens is 298 g/mol. The van der Waals surface area contributed by atoms with Crippen molar-refractivity contribution in [3.05, 3.63) is 66.0 Å². The fourth-order valence-electron chi connectivity index (χ4n) is 2.74. The van der Waals surface area contributed by atoms with E-state index < -0.39 is 0 Å². The lowest BCUT2D eigenvalue weighted by atomic mass is 10.0. The van der Waals surface area contributed by atoms with Crippen LogP contribution >= 0.6 is 0 Å². The number of hydrogen-bond acceptors (Lipinski definition) is 4. The molecule has 0 amide bonds. The van der Waals surface area contributed by atoms with Gasteiger partial charge in [-0.1, -0.05) is 30.3 Å². The van der Waals surface area contributed by atoms with Gasteiger partial charge < -0.3 is 10.6 Å². The smallest absolute Gasteiger partial charge is 0.151 e. The maximum atomic E-state index is 4.51. The highest BCUT2D eigenvalue weighted by molar-refractivity contribution is 5.68. The molecule has 1 aromatic carbocycles. The second kappa shape index (κ2) is 8.26. The lowest BCUT2D eigenvalue weighted by Gasteiger charge is -2.08. The van der Waals surface area contributed by atoms with Gasteiger partial charge in [0.2, 0.25) is 0 Å². The van der Waals surface area contributed by atoms with Gasteiger partial charge in [-0.3, -0.25) is 10.1 Å². The van der Waals surface area contributed by atoms with Gasteiger partial charge in [-0.05, 0) is 44.1 Å². The zero-order chi connectivity index (χ0) is 16.6. The predicted molar refractivity (Wildman–Crippen MR) is 97.8 cm³/mol. The van der Waals surface area contributed by atoms with E-state index in [0.29, 0.717) is 0 Å². The van der Waals surface area contributed by atoms with Crippen molar-refractivity contribution in [1.29, 1.82) is 0 Å². The van der Waals surface area contributed by atoms with E-state index in [1.807, 2.05) is 37.6 Å². The first-order chi connectivity index (χ1) is 11.9. The van der Waals surface area contributed by atoms with Gasteiger partial charge >= 0.3 is 0 Å². The molecule has 3 aromatic rings. The van der Waals surface area contributed by atoms with Gasteiger partial charge in [0.25, 0.3) is 0 Å². The molecule has 124 valence electrons. The van der Waals surface area contributed by atoms with Crippen LogP contribution in [0.25, 0.3) is 11.3 Å². The minimum absolute atomic E-state index is 0.764. The Hall–Kier alpha value is -2.66. The molecule has 0 bridgehead atoms. The van der Waals surface area contributed by atoms with Gasteiger partial charge in [-0.25, -0.2) is 0 Å².